The average molecular weight is 251 g/mol. The van der Waals surface area contributed by atoms with Crippen molar-refractivity contribution in [3.8, 4) is 6.07 Å². The fraction of sp³-hybridized carbons (Fsp3) is 0.273. The van der Waals surface area contributed by atoms with E-state index < -0.39 is 10.8 Å². The van der Waals surface area contributed by atoms with Gasteiger partial charge in [-0.05, 0) is 24.3 Å². The molecule has 0 aliphatic rings. The van der Waals surface area contributed by atoms with E-state index in [0.717, 1.165) is 0 Å². The molecule has 0 fully saturated rings. The highest BCUT2D eigenvalue weighted by atomic mass is 32.2. The smallest absolute Gasteiger partial charge is 0.233 e. The van der Waals surface area contributed by atoms with Gasteiger partial charge in [0, 0.05) is 17.1 Å². The molecule has 0 radical (unpaired) electrons. The normalized spacial score (nSPS) is 11.5. The second kappa shape index (κ2) is 6.66. The molecule has 1 aromatic rings. The first-order chi connectivity index (χ1) is 8.13. The Morgan fingerprint density at radius 1 is 1.41 bits per heavy atom. The second-order valence-corrected chi connectivity index (χ2v) is 4.77. The van der Waals surface area contributed by atoms with Gasteiger partial charge >= 0.3 is 0 Å². The van der Waals surface area contributed by atoms with E-state index in [0.29, 0.717) is 10.6 Å². The Balaban J connectivity index is 2.47. The number of nitriles is 1. The zero-order valence-corrected chi connectivity index (χ0v) is 10.00. The van der Waals surface area contributed by atoms with Crippen molar-refractivity contribution in [2.24, 2.45) is 0 Å². The minimum absolute atomic E-state index is 0.102. The van der Waals surface area contributed by atoms with E-state index in [1.54, 1.807) is 24.3 Å². The summed E-state index contributed by atoms with van der Waals surface area (Å²) < 4.78 is 11.7. The molecule has 0 aliphatic heterocycles. The molecule has 3 N–H and O–H groups in total. The molecular formula is C11H13N3O2S. The maximum absolute atomic E-state index is 11.7. The topological polar surface area (TPSA) is 96.0 Å². The van der Waals surface area contributed by atoms with E-state index in [9.17, 15) is 9.00 Å². The number of hydrogen-bond donors (Lipinski definition) is 2. The van der Waals surface area contributed by atoms with Crippen molar-refractivity contribution in [2.45, 2.75) is 11.3 Å². The van der Waals surface area contributed by atoms with Crippen molar-refractivity contribution in [3.63, 3.8) is 0 Å². The van der Waals surface area contributed by atoms with Crippen LogP contribution in [0.2, 0.25) is 0 Å². The molecule has 6 heteroatoms. The van der Waals surface area contributed by atoms with Gasteiger partial charge in [0.15, 0.2) is 0 Å². The number of nitrogens with one attached hydrogen (secondary N) is 1. The third-order valence-electron chi connectivity index (χ3n) is 1.96. The van der Waals surface area contributed by atoms with Gasteiger partial charge in [0.1, 0.15) is 5.75 Å². The van der Waals surface area contributed by atoms with Gasteiger partial charge in [-0.3, -0.25) is 9.00 Å². The molecule has 1 atom stereocenters. The van der Waals surface area contributed by atoms with Gasteiger partial charge in [-0.2, -0.15) is 5.26 Å². The number of benzene rings is 1. The maximum Gasteiger partial charge on any atom is 0.233 e. The van der Waals surface area contributed by atoms with Gasteiger partial charge in [0.25, 0.3) is 0 Å². The number of carbonyl (C=O) groups is 1. The van der Waals surface area contributed by atoms with Gasteiger partial charge in [0.2, 0.25) is 5.91 Å². The molecule has 0 saturated carbocycles. The largest absolute Gasteiger partial charge is 0.399 e. The quantitative estimate of drug-likeness (QED) is 0.585. The molecule has 0 aliphatic carbocycles. The summed E-state index contributed by atoms with van der Waals surface area (Å²) in [6.45, 7) is 0.286. The first kappa shape index (κ1) is 13.2. The number of carbonyl (C=O) groups excluding carboxylic acids is 1. The van der Waals surface area contributed by atoms with Crippen LogP contribution in [-0.2, 0) is 15.6 Å². The van der Waals surface area contributed by atoms with Gasteiger partial charge in [-0.25, -0.2) is 0 Å². The lowest BCUT2D eigenvalue weighted by atomic mass is 10.3. The molecule has 1 unspecified atom stereocenters. The number of anilines is 1. The minimum atomic E-state index is -1.38. The van der Waals surface area contributed by atoms with Crippen molar-refractivity contribution in [1.82, 2.24) is 5.32 Å². The molecule has 0 spiro atoms. The van der Waals surface area contributed by atoms with Gasteiger partial charge in [-0.15, -0.1) is 0 Å². The van der Waals surface area contributed by atoms with Crippen LogP contribution in [0.3, 0.4) is 0 Å². The zero-order valence-electron chi connectivity index (χ0n) is 9.18. The molecule has 1 aromatic carbocycles. The Labute approximate surface area is 102 Å². The third kappa shape index (κ3) is 4.66. The minimum Gasteiger partial charge on any atom is -0.399 e. The highest BCUT2D eigenvalue weighted by Crippen LogP contribution is 2.09. The van der Waals surface area contributed by atoms with E-state index in [1.807, 2.05) is 6.07 Å². The lowest BCUT2D eigenvalue weighted by Gasteiger charge is -2.03. The predicted molar refractivity (Wildman–Crippen MR) is 65.4 cm³/mol. The summed E-state index contributed by atoms with van der Waals surface area (Å²) in [7, 11) is -1.38. The molecule has 0 aromatic heterocycles. The van der Waals surface area contributed by atoms with Gasteiger partial charge < -0.3 is 11.1 Å². The van der Waals surface area contributed by atoms with Crippen LogP contribution in [0, 0.1) is 11.3 Å². The Morgan fingerprint density at radius 3 is 2.65 bits per heavy atom. The summed E-state index contributed by atoms with van der Waals surface area (Å²) >= 11 is 0. The Bertz CT molecular complexity index is 451. The first-order valence-electron chi connectivity index (χ1n) is 5.01. The van der Waals surface area contributed by atoms with Crippen LogP contribution in [-0.4, -0.2) is 22.4 Å². The fourth-order valence-corrected chi connectivity index (χ4v) is 2.08. The van der Waals surface area contributed by atoms with Crippen molar-refractivity contribution in [2.75, 3.05) is 18.0 Å². The SMILES string of the molecule is N#CCCNC(=O)CS(=O)c1ccc(N)cc1. The Hall–Kier alpha value is -1.87. The first-order valence-corrected chi connectivity index (χ1v) is 6.33. The zero-order chi connectivity index (χ0) is 12.7. The number of nitrogen functional groups attached to an aromatic ring is 1. The number of amides is 1. The molecule has 90 valence electrons. The van der Waals surface area contributed by atoms with Crippen molar-refractivity contribution >= 4 is 22.4 Å². The summed E-state index contributed by atoms with van der Waals surface area (Å²) in [6.07, 6.45) is 0.250. The highest BCUT2D eigenvalue weighted by molar-refractivity contribution is 7.85. The summed E-state index contributed by atoms with van der Waals surface area (Å²) in [5.41, 5.74) is 6.09. The van der Waals surface area contributed by atoms with E-state index in [1.165, 1.54) is 0 Å². The number of nitrogens with zero attached hydrogens (tertiary/aromatic N) is 1. The van der Waals surface area contributed by atoms with Crippen LogP contribution in [0.25, 0.3) is 0 Å². The lowest BCUT2D eigenvalue weighted by Crippen LogP contribution is -2.28. The summed E-state index contributed by atoms with van der Waals surface area (Å²) in [5, 5.41) is 10.8. The molecule has 1 amide bonds. The van der Waals surface area contributed by atoms with Crippen LogP contribution >= 0.6 is 0 Å². The molecule has 0 heterocycles. The maximum atomic E-state index is 11.7. The number of hydrogen-bond acceptors (Lipinski definition) is 4. The van der Waals surface area contributed by atoms with Crippen LogP contribution in [0.5, 0.6) is 0 Å². The number of rotatable bonds is 5. The van der Waals surface area contributed by atoms with Crippen molar-refractivity contribution in [3.05, 3.63) is 24.3 Å². The molecular weight excluding hydrogens is 238 g/mol. The Kier molecular flexibility index (Phi) is 5.17. The monoisotopic (exact) mass is 251 g/mol. The molecule has 5 nitrogen and oxygen atoms in total. The summed E-state index contributed by atoms with van der Waals surface area (Å²) in [4.78, 5) is 11.9. The van der Waals surface area contributed by atoms with Crippen molar-refractivity contribution < 1.29 is 9.00 Å². The lowest BCUT2D eigenvalue weighted by molar-refractivity contribution is -0.118. The average Bonchev–Trinajstić information content (AvgIpc) is 2.30. The summed E-state index contributed by atoms with van der Waals surface area (Å²) in [5.74, 6) is -0.426. The van der Waals surface area contributed by atoms with Crippen LogP contribution in [0.1, 0.15) is 6.42 Å². The summed E-state index contributed by atoms with van der Waals surface area (Å²) in [6, 6.07) is 8.46. The second-order valence-electron chi connectivity index (χ2n) is 3.32. The molecule has 1 rings (SSSR count). The van der Waals surface area contributed by atoms with Gasteiger partial charge in [0.05, 0.1) is 23.3 Å². The van der Waals surface area contributed by atoms with Crippen molar-refractivity contribution in [1.29, 1.82) is 5.26 Å². The fourth-order valence-electron chi connectivity index (χ4n) is 1.13. The third-order valence-corrected chi connectivity index (χ3v) is 3.29. The van der Waals surface area contributed by atoms with Crippen LogP contribution < -0.4 is 11.1 Å². The Morgan fingerprint density at radius 2 is 2.06 bits per heavy atom. The van der Waals surface area contributed by atoms with Crippen LogP contribution in [0.15, 0.2) is 29.2 Å². The van der Waals surface area contributed by atoms with E-state index in [2.05, 4.69) is 5.32 Å². The standard InChI is InChI=1S/C11H13N3O2S/c12-6-1-7-14-11(15)8-17(16)10-4-2-9(13)3-5-10/h2-5H,1,7-8,13H2,(H,14,15). The molecule has 0 bridgehead atoms. The van der Waals surface area contributed by atoms with E-state index >= 15 is 0 Å². The molecule has 17 heavy (non-hydrogen) atoms. The molecule has 0 saturated heterocycles. The van der Waals surface area contributed by atoms with E-state index in [-0.39, 0.29) is 24.6 Å². The van der Waals surface area contributed by atoms with E-state index in [4.69, 9.17) is 11.0 Å². The number of nitrogens with two attached hydrogens (primary N) is 1. The highest BCUT2D eigenvalue weighted by Gasteiger charge is 2.09. The van der Waals surface area contributed by atoms with Crippen LogP contribution in [0.4, 0.5) is 5.69 Å². The predicted octanol–water partition coefficient (Wildman–Crippen LogP) is 0.406. The van der Waals surface area contributed by atoms with Gasteiger partial charge in [-0.1, -0.05) is 0 Å².